The van der Waals surface area contributed by atoms with Gasteiger partial charge in [-0.1, -0.05) is 20.3 Å². The van der Waals surface area contributed by atoms with E-state index in [1.165, 1.54) is 13.2 Å². The molecule has 0 unspecified atom stereocenters. The number of carbonyl (C=O) groups excluding carboxylic acids is 2. The molecule has 0 aromatic carbocycles. The first kappa shape index (κ1) is 23.4. The van der Waals surface area contributed by atoms with Crippen LogP contribution in [0.5, 0.6) is 5.75 Å². The van der Waals surface area contributed by atoms with Crippen molar-refractivity contribution >= 4 is 11.9 Å². The van der Waals surface area contributed by atoms with Crippen molar-refractivity contribution in [3.8, 4) is 5.75 Å². The number of hydrogen-bond donors (Lipinski definition) is 2. The van der Waals surface area contributed by atoms with Gasteiger partial charge >= 0.3 is 16.5 Å². The van der Waals surface area contributed by atoms with Crippen LogP contribution in [0.2, 0.25) is 0 Å². The third-order valence-corrected chi connectivity index (χ3v) is 2.98. The van der Waals surface area contributed by atoms with Gasteiger partial charge in [0.05, 0.1) is 30.6 Å². The molecule has 0 bridgehead atoms. The third-order valence-electron chi connectivity index (χ3n) is 2.98. The molecular weight excluding hydrogens is 351 g/mol. The van der Waals surface area contributed by atoms with Crippen LogP contribution in [0.3, 0.4) is 0 Å². The van der Waals surface area contributed by atoms with Crippen molar-refractivity contribution in [3.05, 3.63) is 28.3 Å². The minimum Gasteiger partial charge on any atom is -0.868 e. The summed E-state index contributed by atoms with van der Waals surface area (Å²) in [5, 5.41) is 23.4. The molecule has 2 atom stereocenters. The fourth-order valence-corrected chi connectivity index (χ4v) is 1.40. The minimum absolute atomic E-state index is 0. The summed E-state index contributed by atoms with van der Waals surface area (Å²) < 4.78 is 4.63. The van der Waals surface area contributed by atoms with Crippen LogP contribution in [0, 0.1) is 12.8 Å². The Bertz CT molecular complexity index is 560. The minimum atomic E-state index is -1.27. The molecule has 9 heteroatoms. The Balaban J connectivity index is 0. The summed E-state index contributed by atoms with van der Waals surface area (Å²) in [5.41, 5.74) is 4.52. The van der Waals surface area contributed by atoms with E-state index in [2.05, 4.69) is 9.73 Å². The monoisotopic (exact) mass is 370 g/mol. The van der Waals surface area contributed by atoms with Crippen LogP contribution in [0.4, 0.5) is 0 Å². The maximum atomic E-state index is 10.8. The first-order chi connectivity index (χ1) is 10.2. The maximum absolute atomic E-state index is 10.8. The molecule has 1 heterocycles. The van der Waals surface area contributed by atoms with Crippen molar-refractivity contribution in [1.82, 2.24) is 5.32 Å². The van der Waals surface area contributed by atoms with Gasteiger partial charge in [-0.3, -0.25) is 9.59 Å². The standard InChI is InChI=1S/C8H16N2O3.C6H6O3.Ni/c1-3-5(2)7(8(12)13)10-6(11)4-9;1-4-6(8)5(7)2-3-9-4;/h5,7H,3-4,9H2,1-2H3,(H,10,11)(H,12,13);2-3,8H,1H3;/q;;+2/p-2/t5-,7+;;/m0../s1. The molecule has 0 saturated heterocycles. The van der Waals surface area contributed by atoms with Crippen molar-refractivity contribution in [1.29, 1.82) is 0 Å². The maximum Gasteiger partial charge on any atom is 2.00 e. The van der Waals surface area contributed by atoms with Crippen LogP contribution >= 0.6 is 0 Å². The molecule has 23 heavy (non-hydrogen) atoms. The summed E-state index contributed by atoms with van der Waals surface area (Å²) in [7, 11) is 0. The number of hydrogen-bond acceptors (Lipinski definition) is 7. The second-order valence-corrected chi connectivity index (χ2v) is 4.62. The average molecular weight is 371 g/mol. The fraction of sp³-hybridized carbons (Fsp3) is 0.500. The zero-order chi connectivity index (χ0) is 17.3. The van der Waals surface area contributed by atoms with E-state index in [0.29, 0.717) is 6.42 Å². The number of carboxylic acids is 1. The summed E-state index contributed by atoms with van der Waals surface area (Å²) in [6.45, 7) is 4.83. The Kier molecular flexibility index (Phi) is 11.9. The van der Waals surface area contributed by atoms with Crippen LogP contribution in [0.25, 0.3) is 0 Å². The van der Waals surface area contributed by atoms with E-state index in [1.54, 1.807) is 6.92 Å². The SMILES string of the molecule is CC[C@H](C)[C@@H](NC(=O)CN)C(=O)[O-].Cc1occc(=O)c1[O-].[Ni+2]. The van der Waals surface area contributed by atoms with Crippen molar-refractivity contribution in [2.45, 2.75) is 33.2 Å². The number of aryl methyl sites for hydroxylation is 1. The molecule has 1 rings (SSSR count). The van der Waals surface area contributed by atoms with Crippen molar-refractivity contribution in [2.75, 3.05) is 6.54 Å². The van der Waals surface area contributed by atoms with Gasteiger partial charge < -0.3 is 30.5 Å². The zero-order valence-corrected chi connectivity index (χ0v) is 14.1. The van der Waals surface area contributed by atoms with E-state index in [-0.39, 0.29) is 34.7 Å². The number of amides is 1. The van der Waals surface area contributed by atoms with Crippen LogP contribution in [-0.4, -0.2) is 24.5 Å². The first-order valence-electron chi connectivity index (χ1n) is 6.70. The topological polar surface area (TPSA) is 149 Å². The third kappa shape index (κ3) is 8.37. The molecule has 0 aliphatic rings. The van der Waals surface area contributed by atoms with Crippen LogP contribution < -0.4 is 26.7 Å². The number of rotatable bonds is 5. The number of nitrogens with two attached hydrogens (primary N) is 1. The molecule has 1 aromatic rings. The fourth-order valence-electron chi connectivity index (χ4n) is 1.40. The Labute approximate surface area is 144 Å². The van der Waals surface area contributed by atoms with Crippen molar-refractivity contribution in [2.24, 2.45) is 11.7 Å². The van der Waals surface area contributed by atoms with Gasteiger partial charge in [0.2, 0.25) is 5.91 Å². The summed E-state index contributed by atoms with van der Waals surface area (Å²) in [6.07, 6.45) is 1.86. The van der Waals surface area contributed by atoms with Gasteiger partial charge in [-0.15, -0.1) is 0 Å². The quantitative estimate of drug-likeness (QED) is 0.583. The van der Waals surface area contributed by atoms with Gasteiger partial charge in [0, 0.05) is 6.07 Å². The number of aliphatic carboxylic acids is 1. The van der Waals surface area contributed by atoms with E-state index < -0.39 is 29.1 Å². The molecule has 0 aliphatic carbocycles. The molecule has 1 aromatic heterocycles. The smallest absolute Gasteiger partial charge is 0.868 e. The van der Waals surface area contributed by atoms with Gasteiger partial charge in [0.25, 0.3) is 0 Å². The van der Waals surface area contributed by atoms with Gasteiger partial charge in [-0.25, -0.2) is 0 Å². The normalized spacial score (nSPS) is 12.0. The van der Waals surface area contributed by atoms with E-state index in [9.17, 15) is 24.6 Å². The van der Waals surface area contributed by atoms with Gasteiger partial charge in [-0.2, -0.15) is 0 Å². The van der Waals surface area contributed by atoms with E-state index in [1.807, 2.05) is 6.92 Å². The number of nitrogens with one attached hydrogen (secondary N) is 1. The van der Waals surface area contributed by atoms with E-state index in [0.717, 1.165) is 6.07 Å². The Morgan fingerprint density at radius 3 is 2.35 bits per heavy atom. The number of carbonyl (C=O) groups is 2. The van der Waals surface area contributed by atoms with Crippen LogP contribution in [-0.2, 0) is 26.1 Å². The molecule has 0 spiro atoms. The van der Waals surface area contributed by atoms with Crippen molar-refractivity contribution in [3.63, 3.8) is 0 Å². The van der Waals surface area contributed by atoms with Crippen LogP contribution in [0.15, 0.2) is 21.5 Å². The van der Waals surface area contributed by atoms with E-state index in [4.69, 9.17) is 5.73 Å². The van der Waals surface area contributed by atoms with Gasteiger partial charge in [-0.05, 0) is 18.6 Å². The number of carboxylic acid groups (broad SMARTS) is 1. The van der Waals surface area contributed by atoms with Crippen LogP contribution in [0.1, 0.15) is 26.0 Å². The largest absolute Gasteiger partial charge is 2.00 e. The molecule has 0 radical (unpaired) electrons. The second-order valence-electron chi connectivity index (χ2n) is 4.62. The average Bonchev–Trinajstić information content (AvgIpc) is 2.49. The predicted octanol–water partition coefficient (Wildman–Crippen LogP) is -1.75. The summed E-state index contributed by atoms with van der Waals surface area (Å²) in [4.78, 5) is 31.9. The summed E-state index contributed by atoms with van der Waals surface area (Å²) in [6, 6.07) is 0.163. The van der Waals surface area contributed by atoms with Gasteiger partial charge in [0.1, 0.15) is 0 Å². The molecule has 0 fully saturated rings. The molecule has 3 N–H and O–H groups in total. The molecule has 1 amide bonds. The Morgan fingerprint density at radius 1 is 1.43 bits per heavy atom. The first-order valence-corrected chi connectivity index (χ1v) is 6.70. The Hall–Kier alpha value is -1.86. The Morgan fingerprint density at radius 2 is 2.00 bits per heavy atom. The molecule has 132 valence electrons. The summed E-state index contributed by atoms with van der Waals surface area (Å²) >= 11 is 0. The van der Waals surface area contributed by atoms with E-state index >= 15 is 0 Å². The molecule has 8 nitrogen and oxygen atoms in total. The molecule has 0 aliphatic heterocycles. The predicted molar refractivity (Wildman–Crippen MR) is 74.6 cm³/mol. The van der Waals surface area contributed by atoms with Crippen molar-refractivity contribution < 1.29 is 40.7 Å². The van der Waals surface area contributed by atoms with Gasteiger partial charge in [0.15, 0.2) is 5.43 Å². The second kappa shape index (κ2) is 11.7. The summed E-state index contributed by atoms with van der Waals surface area (Å²) in [5.74, 6) is -2.31. The molecule has 0 saturated carbocycles. The molecular formula is C14H20N2NiO6. The zero-order valence-electron chi connectivity index (χ0n) is 13.1.